The van der Waals surface area contributed by atoms with E-state index in [2.05, 4.69) is 15.5 Å². The molecule has 1 aliphatic rings. The van der Waals surface area contributed by atoms with Crippen LogP contribution in [0.1, 0.15) is 45.9 Å². The molecule has 1 N–H and O–H groups in total. The molecule has 4 aromatic rings. The predicted octanol–water partition coefficient (Wildman–Crippen LogP) is 5.64. The van der Waals surface area contributed by atoms with Gasteiger partial charge in [0.2, 0.25) is 0 Å². The van der Waals surface area contributed by atoms with Crippen LogP contribution in [-0.2, 0) is 0 Å². The van der Waals surface area contributed by atoms with Gasteiger partial charge in [0.25, 0.3) is 11.6 Å². The quantitative estimate of drug-likeness (QED) is 0.495. The van der Waals surface area contributed by atoms with Gasteiger partial charge in [0.1, 0.15) is 5.69 Å². The summed E-state index contributed by atoms with van der Waals surface area (Å²) < 4.78 is 5.57. The summed E-state index contributed by atoms with van der Waals surface area (Å²) in [4.78, 5) is 18.1. The molecule has 1 saturated carbocycles. The highest BCUT2D eigenvalue weighted by Crippen LogP contribution is 2.41. The molecular formula is C24H21N3O2. The summed E-state index contributed by atoms with van der Waals surface area (Å²) in [6.45, 7) is 3.99. The number of nitrogens with one attached hydrogen (secondary N) is 1. The molecular weight excluding hydrogens is 362 g/mol. The number of pyridine rings is 1. The van der Waals surface area contributed by atoms with Crippen LogP contribution in [0.4, 0.5) is 5.69 Å². The van der Waals surface area contributed by atoms with Gasteiger partial charge in [0, 0.05) is 22.9 Å². The van der Waals surface area contributed by atoms with Gasteiger partial charge in [0.15, 0.2) is 0 Å². The molecule has 0 bridgehead atoms. The Bertz CT molecular complexity index is 1200. The molecule has 0 spiro atoms. The maximum Gasteiger partial charge on any atom is 0.259 e. The van der Waals surface area contributed by atoms with Crippen molar-refractivity contribution in [2.45, 2.75) is 32.6 Å². The van der Waals surface area contributed by atoms with Crippen LogP contribution in [0.3, 0.4) is 0 Å². The topological polar surface area (TPSA) is 68.0 Å². The summed E-state index contributed by atoms with van der Waals surface area (Å²) in [5.41, 5.74) is 6.31. The molecule has 0 radical (unpaired) electrons. The van der Waals surface area contributed by atoms with Crippen LogP contribution >= 0.6 is 0 Å². The number of para-hydroxylation sites is 1. The Morgan fingerprint density at radius 1 is 1.03 bits per heavy atom. The molecule has 5 rings (SSSR count). The number of hydrogen-bond donors (Lipinski definition) is 1. The maximum absolute atomic E-state index is 13.4. The van der Waals surface area contributed by atoms with Gasteiger partial charge in [-0.1, -0.05) is 53.7 Å². The number of amides is 1. The Kier molecular flexibility index (Phi) is 4.16. The standard InChI is InChI=1S/C24H21N3O2/c1-14-7-6-8-15(2)21(14)26-23(28)18-13-19(16-11-12-16)25-24-20(18)22(27-29-24)17-9-4-3-5-10-17/h3-10,13,16H,11-12H2,1-2H3,(H,26,28). The Morgan fingerprint density at radius 2 is 1.76 bits per heavy atom. The van der Waals surface area contributed by atoms with E-state index in [9.17, 15) is 4.79 Å². The van der Waals surface area contributed by atoms with Crippen molar-refractivity contribution in [3.05, 3.63) is 77.0 Å². The van der Waals surface area contributed by atoms with E-state index in [4.69, 9.17) is 4.52 Å². The number of carbonyl (C=O) groups is 1. The second kappa shape index (κ2) is 6.85. The Labute approximate surface area is 168 Å². The van der Waals surface area contributed by atoms with Gasteiger partial charge in [-0.3, -0.25) is 4.79 Å². The summed E-state index contributed by atoms with van der Waals surface area (Å²) in [6, 6.07) is 17.6. The number of fused-ring (bicyclic) bond motifs is 1. The van der Waals surface area contributed by atoms with E-state index in [1.54, 1.807) is 0 Å². The molecule has 5 heteroatoms. The van der Waals surface area contributed by atoms with Crippen molar-refractivity contribution in [3.63, 3.8) is 0 Å². The molecule has 1 amide bonds. The summed E-state index contributed by atoms with van der Waals surface area (Å²) >= 11 is 0. The molecule has 1 aliphatic carbocycles. The minimum absolute atomic E-state index is 0.169. The smallest absolute Gasteiger partial charge is 0.259 e. The van der Waals surface area contributed by atoms with E-state index in [0.717, 1.165) is 40.9 Å². The van der Waals surface area contributed by atoms with Crippen molar-refractivity contribution in [2.24, 2.45) is 0 Å². The molecule has 5 nitrogen and oxygen atoms in total. The fourth-order valence-corrected chi connectivity index (χ4v) is 3.72. The molecule has 0 saturated heterocycles. The molecule has 2 aromatic heterocycles. The van der Waals surface area contributed by atoms with Gasteiger partial charge in [0.05, 0.1) is 10.9 Å². The van der Waals surface area contributed by atoms with Gasteiger partial charge in [-0.2, -0.15) is 0 Å². The monoisotopic (exact) mass is 383 g/mol. The average molecular weight is 383 g/mol. The second-order valence-corrected chi connectivity index (χ2v) is 7.67. The van der Waals surface area contributed by atoms with Crippen molar-refractivity contribution < 1.29 is 9.32 Å². The molecule has 2 heterocycles. The van der Waals surface area contributed by atoms with E-state index in [1.807, 2.05) is 68.4 Å². The van der Waals surface area contributed by atoms with E-state index in [1.165, 1.54) is 0 Å². The van der Waals surface area contributed by atoms with Crippen LogP contribution in [-0.4, -0.2) is 16.0 Å². The first kappa shape index (κ1) is 17.6. The summed E-state index contributed by atoms with van der Waals surface area (Å²) in [7, 11) is 0. The first-order valence-corrected chi connectivity index (χ1v) is 9.85. The van der Waals surface area contributed by atoms with Crippen molar-refractivity contribution in [2.75, 3.05) is 5.32 Å². The molecule has 0 atom stereocenters. The lowest BCUT2D eigenvalue weighted by atomic mass is 10.0. The largest absolute Gasteiger partial charge is 0.335 e. The van der Waals surface area contributed by atoms with E-state index in [0.29, 0.717) is 28.3 Å². The van der Waals surface area contributed by atoms with E-state index in [-0.39, 0.29) is 5.91 Å². The molecule has 29 heavy (non-hydrogen) atoms. The molecule has 1 fully saturated rings. The van der Waals surface area contributed by atoms with Gasteiger partial charge >= 0.3 is 0 Å². The Morgan fingerprint density at radius 3 is 2.45 bits per heavy atom. The second-order valence-electron chi connectivity index (χ2n) is 7.67. The lowest BCUT2D eigenvalue weighted by Gasteiger charge is -2.12. The van der Waals surface area contributed by atoms with Gasteiger partial charge in [-0.25, -0.2) is 4.98 Å². The summed E-state index contributed by atoms with van der Waals surface area (Å²) in [6.07, 6.45) is 2.19. The highest BCUT2D eigenvalue weighted by atomic mass is 16.5. The zero-order valence-corrected chi connectivity index (χ0v) is 16.4. The minimum atomic E-state index is -0.169. The first-order valence-electron chi connectivity index (χ1n) is 9.85. The van der Waals surface area contributed by atoms with Crippen LogP contribution in [0.2, 0.25) is 0 Å². The third kappa shape index (κ3) is 3.18. The highest BCUT2D eigenvalue weighted by molar-refractivity contribution is 6.15. The number of carbonyl (C=O) groups excluding carboxylic acids is 1. The number of aromatic nitrogens is 2. The van der Waals surface area contributed by atoms with Crippen LogP contribution in [0.25, 0.3) is 22.4 Å². The predicted molar refractivity (Wildman–Crippen MR) is 113 cm³/mol. The molecule has 0 unspecified atom stereocenters. The first-order chi connectivity index (χ1) is 14.1. The van der Waals surface area contributed by atoms with Crippen LogP contribution in [0.5, 0.6) is 0 Å². The van der Waals surface area contributed by atoms with Crippen LogP contribution < -0.4 is 5.32 Å². The van der Waals surface area contributed by atoms with E-state index >= 15 is 0 Å². The van der Waals surface area contributed by atoms with Crippen molar-refractivity contribution in [1.29, 1.82) is 0 Å². The zero-order chi connectivity index (χ0) is 20.0. The van der Waals surface area contributed by atoms with Gasteiger partial charge in [-0.05, 0) is 43.9 Å². The molecule has 2 aromatic carbocycles. The van der Waals surface area contributed by atoms with E-state index < -0.39 is 0 Å². The fourth-order valence-electron chi connectivity index (χ4n) is 3.72. The minimum Gasteiger partial charge on any atom is -0.335 e. The van der Waals surface area contributed by atoms with Crippen LogP contribution in [0, 0.1) is 13.8 Å². The number of aryl methyl sites for hydroxylation is 2. The summed E-state index contributed by atoms with van der Waals surface area (Å²) in [5.74, 6) is 0.230. The summed E-state index contributed by atoms with van der Waals surface area (Å²) in [5, 5.41) is 8.02. The Hall–Kier alpha value is -3.47. The van der Waals surface area contributed by atoms with Crippen LogP contribution in [0.15, 0.2) is 59.1 Å². The molecule has 0 aliphatic heterocycles. The lowest BCUT2D eigenvalue weighted by Crippen LogP contribution is -2.15. The zero-order valence-electron chi connectivity index (χ0n) is 16.4. The fraction of sp³-hybridized carbons (Fsp3) is 0.208. The lowest BCUT2D eigenvalue weighted by molar-refractivity contribution is 0.102. The number of rotatable bonds is 4. The Balaban J connectivity index is 1.66. The van der Waals surface area contributed by atoms with Crippen molar-refractivity contribution in [1.82, 2.24) is 10.1 Å². The number of benzene rings is 2. The number of nitrogens with zero attached hydrogens (tertiary/aromatic N) is 2. The molecule has 144 valence electrons. The van der Waals surface area contributed by atoms with Gasteiger partial charge in [-0.15, -0.1) is 0 Å². The van der Waals surface area contributed by atoms with Crippen molar-refractivity contribution in [3.8, 4) is 11.3 Å². The normalized spacial score (nSPS) is 13.6. The highest BCUT2D eigenvalue weighted by Gasteiger charge is 2.29. The SMILES string of the molecule is Cc1cccc(C)c1NC(=O)c1cc(C2CC2)nc2onc(-c3ccccc3)c12. The third-order valence-corrected chi connectivity index (χ3v) is 5.47. The van der Waals surface area contributed by atoms with Gasteiger partial charge < -0.3 is 9.84 Å². The number of anilines is 1. The number of hydrogen-bond acceptors (Lipinski definition) is 4. The maximum atomic E-state index is 13.4. The third-order valence-electron chi connectivity index (χ3n) is 5.47. The van der Waals surface area contributed by atoms with Crippen molar-refractivity contribution >= 4 is 22.7 Å². The average Bonchev–Trinajstić information content (AvgIpc) is 3.50.